The zero-order valence-electron chi connectivity index (χ0n) is 12.8. The summed E-state index contributed by atoms with van der Waals surface area (Å²) < 4.78 is 0.901. The number of nitrogens with two attached hydrogens (primary N) is 1. The van der Waals surface area contributed by atoms with Gasteiger partial charge in [0.15, 0.2) is 0 Å². The van der Waals surface area contributed by atoms with Gasteiger partial charge in [-0.2, -0.15) is 0 Å². The fourth-order valence-electron chi connectivity index (χ4n) is 2.58. The third kappa shape index (κ3) is 5.06. The maximum Gasteiger partial charge on any atom is 0.251 e. The molecular formula is C16H20BrN3O3. The molecular weight excluding hydrogens is 362 g/mol. The van der Waals surface area contributed by atoms with E-state index < -0.39 is 0 Å². The minimum absolute atomic E-state index is 0.0629. The van der Waals surface area contributed by atoms with Crippen molar-refractivity contribution in [3.8, 4) is 0 Å². The Balaban J connectivity index is 1.77. The van der Waals surface area contributed by atoms with Gasteiger partial charge in [-0.15, -0.1) is 0 Å². The van der Waals surface area contributed by atoms with Gasteiger partial charge in [-0.1, -0.05) is 15.9 Å². The fourth-order valence-corrected chi connectivity index (χ4v) is 2.84. The minimum Gasteiger partial charge on any atom is -0.369 e. The first-order valence-corrected chi connectivity index (χ1v) is 8.37. The van der Waals surface area contributed by atoms with Gasteiger partial charge in [-0.05, 0) is 37.1 Å². The number of hydrogen-bond donors (Lipinski definition) is 2. The first-order valence-electron chi connectivity index (χ1n) is 7.58. The monoisotopic (exact) mass is 381 g/mol. The Labute approximate surface area is 143 Å². The highest BCUT2D eigenvalue weighted by atomic mass is 79.9. The van der Waals surface area contributed by atoms with Crippen LogP contribution in [0, 0.1) is 5.92 Å². The summed E-state index contributed by atoms with van der Waals surface area (Å²) in [5.41, 5.74) is 5.86. The number of primary amides is 1. The summed E-state index contributed by atoms with van der Waals surface area (Å²) in [6, 6.07) is 7.00. The molecule has 1 atom stereocenters. The van der Waals surface area contributed by atoms with Crippen molar-refractivity contribution in [3.63, 3.8) is 0 Å². The number of carbonyl (C=O) groups excluding carboxylic acids is 3. The standard InChI is InChI=1S/C16H20BrN3O3/c17-13-5-3-11(4-6-13)16(23)19-8-7-14(21)20-9-1-2-12(10-20)15(18)22/h3-6,12H,1-2,7-10H2,(H2,18,22)(H,19,23). The van der Waals surface area contributed by atoms with Crippen LogP contribution in [0.4, 0.5) is 0 Å². The van der Waals surface area contributed by atoms with E-state index in [9.17, 15) is 14.4 Å². The summed E-state index contributed by atoms with van der Waals surface area (Å²) in [5.74, 6) is -0.887. The predicted octanol–water partition coefficient (Wildman–Crippen LogP) is 1.29. The lowest BCUT2D eigenvalue weighted by molar-refractivity contribution is -0.134. The number of likely N-dealkylation sites (tertiary alicyclic amines) is 1. The molecule has 1 aliphatic heterocycles. The topological polar surface area (TPSA) is 92.5 Å². The Bertz CT molecular complexity index is 589. The van der Waals surface area contributed by atoms with Gasteiger partial charge in [0.05, 0.1) is 5.92 Å². The highest BCUT2D eigenvalue weighted by molar-refractivity contribution is 9.10. The number of nitrogens with one attached hydrogen (secondary N) is 1. The van der Waals surface area contributed by atoms with Crippen LogP contribution in [0.3, 0.4) is 0 Å². The Kier molecular flexibility index (Phi) is 6.15. The Morgan fingerprint density at radius 1 is 1.26 bits per heavy atom. The number of amides is 3. The summed E-state index contributed by atoms with van der Waals surface area (Å²) in [4.78, 5) is 37.0. The second-order valence-corrected chi connectivity index (χ2v) is 6.51. The van der Waals surface area contributed by atoms with E-state index in [2.05, 4.69) is 21.2 Å². The Morgan fingerprint density at radius 3 is 2.61 bits per heavy atom. The normalized spacial score (nSPS) is 17.6. The zero-order valence-corrected chi connectivity index (χ0v) is 14.3. The van der Waals surface area contributed by atoms with Crippen molar-refractivity contribution in [1.82, 2.24) is 10.2 Å². The van der Waals surface area contributed by atoms with E-state index in [1.54, 1.807) is 29.2 Å². The van der Waals surface area contributed by atoms with Gasteiger partial charge < -0.3 is 16.0 Å². The number of halogens is 1. The Morgan fingerprint density at radius 2 is 1.96 bits per heavy atom. The lowest BCUT2D eigenvalue weighted by Crippen LogP contribution is -2.44. The molecule has 1 aromatic rings. The molecule has 0 aromatic heterocycles. The number of carbonyl (C=O) groups is 3. The molecule has 1 fully saturated rings. The number of rotatable bonds is 5. The number of hydrogen-bond acceptors (Lipinski definition) is 3. The second-order valence-electron chi connectivity index (χ2n) is 5.59. The first kappa shape index (κ1) is 17.5. The van der Waals surface area contributed by atoms with Gasteiger partial charge in [0.25, 0.3) is 5.91 Å². The lowest BCUT2D eigenvalue weighted by atomic mass is 9.97. The molecule has 0 spiro atoms. The molecule has 1 saturated heterocycles. The summed E-state index contributed by atoms with van der Waals surface area (Å²) in [5, 5.41) is 2.73. The first-order chi connectivity index (χ1) is 11.0. The quantitative estimate of drug-likeness (QED) is 0.804. The van der Waals surface area contributed by atoms with E-state index in [4.69, 9.17) is 5.73 Å². The SMILES string of the molecule is NC(=O)C1CCCN(C(=O)CCNC(=O)c2ccc(Br)cc2)C1. The van der Waals surface area contributed by atoms with Gasteiger partial charge in [-0.3, -0.25) is 14.4 Å². The summed E-state index contributed by atoms with van der Waals surface area (Å²) >= 11 is 3.31. The van der Waals surface area contributed by atoms with E-state index in [1.807, 2.05) is 0 Å². The average Bonchev–Trinajstić information content (AvgIpc) is 2.55. The molecule has 23 heavy (non-hydrogen) atoms. The highest BCUT2D eigenvalue weighted by Gasteiger charge is 2.26. The van der Waals surface area contributed by atoms with Crippen molar-refractivity contribution in [2.45, 2.75) is 19.3 Å². The molecule has 1 unspecified atom stereocenters. The molecule has 1 aromatic carbocycles. The van der Waals surface area contributed by atoms with Crippen LogP contribution in [0.5, 0.6) is 0 Å². The zero-order chi connectivity index (χ0) is 16.8. The number of nitrogens with zero attached hydrogens (tertiary/aromatic N) is 1. The van der Waals surface area contributed by atoms with Crippen molar-refractivity contribution in [1.29, 1.82) is 0 Å². The van der Waals surface area contributed by atoms with E-state index in [0.29, 0.717) is 18.7 Å². The molecule has 7 heteroatoms. The second kappa shape index (κ2) is 8.10. The van der Waals surface area contributed by atoms with Crippen molar-refractivity contribution in [2.75, 3.05) is 19.6 Å². The molecule has 0 radical (unpaired) electrons. The van der Waals surface area contributed by atoms with Crippen LogP contribution in [0.15, 0.2) is 28.7 Å². The van der Waals surface area contributed by atoms with Crippen LogP contribution < -0.4 is 11.1 Å². The van der Waals surface area contributed by atoms with E-state index >= 15 is 0 Å². The summed E-state index contributed by atoms with van der Waals surface area (Å²) in [6.45, 7) is 1.30. The molecule has 0 bridgehead atoms. The fraction of sp³-hybridized carbons (Fsp3) is 0.438. The van der Waals surface area contributed by atoms with E-state index in [1.165, 1.54) is 0 Å². The highest BCUT2D eigenvalue weighted by Crippen LogP contribution is 2.16. The summed E-state index contributed by atoms with van der Waals surface area (Å²) in [6.07, 6.45) is 1.73. The molecule has 124 valence electrons. The molecule has 0 saturated carbocycles. The molecule has 1 heterocycles. The van der Waals surface area contributed by atoms with Gasteiger partial charge in [0, 0.05) is 36.1 Å². The van der Waals surface area contributed by atoms with Crippen LogP contribution in [0.2, 0.25) is 0 Å². The van der Waals surface area contributed by atoms with Gasteiger partial charge in [0.1, 0.15) is 0 Å². The van der Waals surface area contributed by atoms with Crippen molar-refractivity contribution >= 4 is 33.7 Å². The Hall–Kier alpha value is -1.89. The number of benzene rings is 1. The van der Waals surface area contributed by atoms with E-state index in [-0.39, 0.29) is 36.6 Å². The third-order valence-corrected chi connectivity index (χ3v) is 4.44. The molecule has 3 amide bonds. The van der Waals surface area contributed by atoms with Crippen molar-refractivity contribution < 1.29 is 14.4 Å². The maximum absolute atomic E-state index is 12.1. The minimum atomic E-state index is -0.356. The van der Waals surface area contributed by atoms with Gasteiger partial charge in [0.2, 0.25) is 11.8 Å². The van der Waals surface area contributed by atoms with Crippen LogP contribution in [0.1, 0.15) is 29.6 Å². The molecule has 2 rings (SSSR count). The third-order valence-electron chi connectivity index (χ3n) is 3.91. The maximum atomic E-state index is 12.1. The molecule has 1 aliphatic rings. The largest absolute Gasteiger partial charge is 0.369 e. The lowest BCUT2D eigenvalue weighted by Gasteiger charge is -2.31. The smallest absolute Gasteiger partial charge is 0.251 e. The van der Waals surface area contributed by atoms with E-state index in [0.717, 1.165) is 17.3 Å². The van der Waals surface area contributed by atoms with Crippen molar-refractivity contribution in [2.24, 2.45) is 11.7 Å². The van der Waals surface area contributed by atoms with Crippen molar-refractivity contribution in [3.05, 3.63) is 34.3 Å². The van der Waals surface area contributed by atoms with Crippen LogP contribution in [-0.4, -0.2) is 42.3 Å². The number of piperidine rings is 1. The van der Waals surface area contributed by atoms with Crippen LogP contribution in [-0.2, 0) is 9.59 Å². The van der Waals surface area contributed by atoms with Gasteiger partial charge in [-0.25, -0.2) is 0 Å². The van der Waals surface area contributed by atoms with Crippen LogP contribution >= 0.6 is 15.9 Å². The molecule has 0 aliphatic carbocycles. The van der Waals surface area contributed by atoms with Crippen LogP contribution in [0.25, 0.3) is 0 Å². The summed E-state index contributed by atoms with van der Waals surface area (Å²) in [7, 11) is 0. The molecule has 6 nitrogen and oxygen atoms in total. The van der Waals surface area contributed by atoms with Gasteiger partial charge >= 0.3 is 0 Å². The average molecular weight is 382 g/mol. The predicted molar refractivity (Wildman–Crippen MR) is 89.6 cm³/mol. The molecule has 3 N–H and O–H groups in total.